The van der Waals surface area contributed by atoms with Crippen molar-refractivity contribution in [3.05, 3.63) is 61.9 Å². The third-order valence-electron chi connectivity index (χ3n) is 3.12. The van der Waals surface area contributed by atoms with E-state index in [0.29, 0.717) is 0 Å². The summed E-state index contributed by atoms with van der Waals surface area (Å²) in [5.41, 5.74) is 3.92. The summed E-state index contributed by atoms with van der Waals surface area (Å²) in [5, 5.41) is 2.27. The zero-order valence-electron chi connectivity index (χ0n) is 13.5. The van der Waals surface area contributed by atoms with Gasteiger partial charge in [0.05, 0.1) is 11.3 Å². The van der Waals surface area contributed by atoms with E-state index in [0.717, 1.165) is 16.7 Å². The number of alkyl halides is 3. The fourth-order valence-corrected chi connectivity index (χ4v) is 2.33. The summed E-state index contributed by atoms with van der Waals surface area (Å²) in [4.78, 5) is 28.0. The summed E-state index contributed by atoms with van der Waals surface area (Å²) in [6, 6.07) is 4.29. The molecule has 0 atom stereocenters. The number of carbonyl (C=O) groups excluding carboxylic acids is 1. The van der Waals surface area contributed by atoms with Crippen molar-refractivity contribution in [2.24, 2.45) is 0 Å². The van der Waals surface area contributed by atoms with E-state index in [4.69, 9.17) is 5.73 Å². The molecule has 1 amide bonds. The number of rotatable bonds is 2. The largest absolute Gasteiger partial charge is 0.680 e. The number of amides is 1. The van der Waals surface area contributed by atoms with Gasteiger partial charge in [-0.1, -0.05) is 6.07 Å². The van der Waals surface area contributed by atoms with E-state index in [1.54, 1.807) is 0 Å². The Bertz CT molecular complexity index is 835. The minimum Gasteiger partial charge on any atom is -0.680 e. The van der Waals surface area contributed by atoms with Gasteiger partial charge in [-0.05, 0) is 41.1 Å². The molecule has 0 radical (unpaired) electrons. The molecule has 1 aromatic heterocycles. The lowest BCUT2D eigenvalue weighted by atomic mass is 10.2. The Balaban J connectivity index is 0.00000151. The SMILES string of the molecule is CNC(=O)c1nc(Br)c(C)n(-c2cccc(C(F)(F)F)c2)c1=O.C[NH-]. The Hall–Kier alpha value is -2.20. The minimum absolute atomic E-state index is 0.00409. The molecular formula is C15H15BrF3N4O2-. The molecule has 0 spiro atoms. The topological polar surface area (TPSA) is 87.8 Å². The van der Waals surface area contributed by atoms with Crippen LogP contribution in [0.5, 0.6) is 0 Å². The molecule has 1 heterocycles. The van der Waals surface area contributed by atoms with Crippen molar-refractivity contribution < 1.29 is 18.0 Å². The van der Waals surface area contributed by atoms with Crippen molar-refractivity contribution >= 4 is 21.8 Å². The lowest BCUT2D eigenvalue weighted by Crippen LogP contribution is -2.33. The number of nitrogens with zero attached hydrogens (tertiary/aromatic N) is 2. The molecule has 0 saturated heterocycles. The van der Waals surface area contributed by atoms with Crippen LogP contribution < -0.4 is 10.9 Å². The van der Waals surface area contributed by atoms with Gasteiger partial charge in [0.2, 0.25) is 0 Å². The van der Waals surface area contributed by atoms with Crippen molar-refractivity contribution in [3.8, 4) is 5.69 Å². The standard InChI is InChI=1S/C14H11BrF3N3O2.CH4N/c1-7-11(15)20-10(12(22)19-2)13(23)21(7)9-5-3-4-8(6-9)14(16,17)18;1-2/h3-6H,1-2H3,(H,19,22);2H,1H3/q;-1. The third-order valence-corrected chi connectivity index (χ3v) is 3.87. The van der Waals surface area contributed by atoms with Crippen molar-refractivity contribution in [1.29, 1.82) is 0 Å². The molecule has 1 aromatic carbocycles. The van der Waals surface area contributed by atoms with E-state index in [-0.39, 0.29) is 16.0 Å². The predicted octanol–water partition coefficient (Wildman–Crippen LogP) is 3.35. The van der Waals surface area contributed by atoms with Gasteiger partial charge in [0.25, 0.3) is 11.5 Å². The van der Waals surface area contributed by atoms with Gasteiger partial charge in [0.15, 0.2) is 5.69 Å². The van der Waals surface area contributed by atoms with E-state index in [2.05, 4.69) is 26.2 Å². The highest BCUT2D eigenvalue weighted by Gasteiger charge is 2.31. The molecule has 0 unspecified atom stereocenters. The molecular weight excluding hydrogens is 405 g/mol. The Morgan fingerprint density at radius 1 is 1.32 bits per heavy atom. The van der Waals surface area contributed by atoms with Crippen LogP contribution in [0.25, 0.3) is 11.4 Å². The molecule has 25 heavy (non-hydrogen) atoms. The van der Waals surface area contributed by atoms with Gasteiger partial charge in [-0.2, -0.15) is 20.2 Å². The fourth-order valence-electron chi connectivity index (χ4n) is 1.98. The highest BCUT2D eigenvalue weighted by molar-refractivity contribution is 9.10. The quantitative estimate of drug-likeness (QED) is 0.809. The lowest BCUT2D eigenvalue weighted by molar-refractivity contribution is -0.137. The van der Waals surface area contributed by atoms with Crippen LogP contribution in [0.2, 0.25) is 0 Å². The van der Waals surface area contributed by atoms with Crippen LogP contribution in [0.15, 0.2) is 33.7 Å². The molecule has 10 heteroatoms. The molecule has 136 valence electrons. The maximum Gasteiger partial charge on any atom is 0.416 e. The second-order valence-electron chi connectivity index (χ2n) is 4.60. The second kappa shape index (κ2) is 8.26. The maximum absolute atomic E-state index is 12.9. The summed E-state index contributed by atoms with van der Waals surface area (Å²) in [6.07, 6.45) is -4.54. The van der Waals surface area contributed by atoms with Crippen molar-refractivity contribution in [2.75, 3.05) is 14.1 Å². The van der Waals surface area contributed by atoms with E-state index < -0.39 is 28.9 Å². The van der Waals surface area contributed by atoms with Crippen LogP contribution in [-0.4, -0.2) is 29.6 Å². The van der Waals surface area contributed by atoms with Crippen LogP contribution in [-0.2, 0) is 6.18 Å². The van der Waals surface area contributed by atoms with Gasteiger partial charge < -0.3 is 11.1 Å². The van der Waals surface area contributed by atoms with Crippen LogP contribution in [0.1, 0.15) is 21.7 Å². The molecule has 0 saturated carbocycles. The highest BCUT2D eigenvalue weighted by atomic mass is 79.9. The first-order valence-corrected chi connectivity index (χ1v) is 7.65. The van der Waals surface area contributed by atoms with Gasteiger partial charge in [0, 0.05) is 12.7 Å². The number of hydrogen-bond acceptors (Lipinski definition) is 3. The minimum atomic E-state index is -4.54. The Morgan fingerprint density at radius 3 is 2.44 bits per heavy atom. The number of hydrogen-bond donors (Lipinski definition) is 1. The third kappa shape index (κ3) is 4.45. The Morgan fingerprint density at radius 2 is 1.92 bits per heavy atom. The number of aromatic nitrogens is 2. The molecule has 2 N–H and O–H groups in total. The number of halogens is 4. The maximum atomic E-state index is 12.9. The predicted molar refractivity (Wildman–Crippen MR) is 90.9 cm³/mol. The lowest BCUT2D eigenvalue weighted by Gasteiger charge is -2.14. The zero-order valence-corrected chi connectivity index (χ0v) is 15.1. The van der Waals surface area contributed by atoms with Crippen LogP contribution in [0.3, 0.4) is 0 Å². The van der Waals surface area contributed by atoms with Crippen molar-refractivity contribution in [1.82, 2.24) is 14.9 Å². The smallest absolute Gasteiger partial charge is 0.416 e. The summed E-state index contributed by atoms with van der Waals surface area (Å²) < 4.78 is 39.8. The first-order valence-electron chi connectivity index (χ1n) is 6.85. The summed E-state index contributed by atoms with van der Waals surface area (Å²) in [6.45, 7) is 1.51. The molecule has 0 aliphatic carbocycles. The molecule has 6 nitrogen and oxygen atoms in total. The normalized spacial score (nSPS) is 10.7. The van der Waals surface area contributed by atoms with Gasteiger partial charge in [-0.3, -0.25) is 14.2 Å². The molecule has 2 rings (SSSR count). The summed E-state index contributed by atoms with van der Waals surface area (Å²) in [5.74, 6) is -0.726. The van der Waals surface area contributed by atoms with Gasteiger partial charge in [-0.25, -0.2) is 4.98 Å². The Kier molecular flexibility index (Phi) is 6.88. The molecule has 0 fully saturated rings. The van der Waals surface area contributed by atoms with E-state index in [1.165, 1.54) is 33.2 Å². The zero-order chi connectivity index (χ0) is 19.4. The molecule has 0 aliphatic rings. The first-order chi connectivity index (χ1) is 11.7. The van der Waals surface area contributed by atoms with Crippen LogP contribution in [0.4, 0.5) is 13.2 Å². The average molecular weight is 420 g/mol. The van der Waals surface area contributed by atoms with E-state index in [9.17, 15) is 22.8 Å². The van der Waals surface area contributed by atoms with Crippen molar-refractivity contribution in [3.63, 3.8) is 0 Å². The van der Waals surface area contributed by atoms with Gasteiger partial charge in [-0.15, -0.1) is 0 Å². The first kappa shape index (κ1) is 20.8. The van der Waals surface area contributed by atoms with Crippen LogP contribution >= 0.6 is 15.9 Å². The van der Waals surface area contributed by atoms with Crippen molar-refractivity contribution in [2.45, 2.75) is 13.1 Å². The molecule has 2 aromatic rings. The highest BCUT2D eigenvalue weighted by Crippen LogP contribution is 2.30. The molecule has 0 bridgehead atoms. The number of carbonyl (C=O) groups is 1. The Labute approximate surface area is 150 Å². The van der Waals surface area contributed by atoms with E-state index in [1.807, 2.05) is 0 Å². The summed E-state index contributed by atoms with van der Waals surface area (Å²) in [7, 11) is 2.58. The molecule has 0 aliphatic heterocycles. The fraction of sp³-hybridized carbons (Fsp3) is 0.267. The summed E-state index contributed by atoms with van der Waals surface area (Å²) >= 11 is 3.11. The van der Waals surface area contributed by atoms with Gasteiger partial charge in [0.1, 0.15) is 4.60 Å². The van der Waals surface area contributed by atoms with Crippen LogP contribution in [0, 0.1) is 6.92 Å². The average Bonchev–Trinajstić information content (AvgIpc) is 2.59. The van der Waals surface area contributed by atoms with Gasteiger partial charge >= 0.3 is 6.18 Å². The number of benzene rings is 1. The van der Waals surface area contributed by atoms with E-state index >= 15 is 0 Å². The monoisotopic (exact) mass is 419 g/mol. The second-order valence-corrected chi connectivity index (χ2v) is 5.36. The number of nitrogens with one attached hydrogen (secondary N) is 2.